The average molecular weight is 294 g/mol. The van der Waals surface area contributed by atoms with Crippen LogP contribution in [0.1, 0.15) is 68.2 Å². The van der Waals surface area contributed by atoms with Gasteiger partial charge in [0.15, 0.2) is 0 Å². The summed E-state index contributed by atoms with van der Waals surface area (Å²) in [7, 11) is 1.72. The summed E-state index contributed by atoms with van der Waals surface area (Å²) >= 11 is 0. The number of rotatable bonds is 4. The number of likely N-dealkylation sites (tertiary alicyclic amines) is 1. The molecule has 20 heavy (non-hydrogen) atoms. The minimum Gasteiger partial charge on any atom is -0.396 e. The first-order chi connectivity index (χ1) is 9.78. The van der Waals surface area contributed by atoms with Crippen LogP contribution in [0.25, 0.3) is 0 Å². The molecule has 1 atom stereocenters. The predicted octanol–water partition coefficient (Wildman–Crippen LogP) is 4.44. The fourth-order valence-corrected chi connectivity index (χ4v) is 1.49. The molecule has 1 rings (SSSR count). The summed E-state index contributed by atoms with van der Waals surface area (Å²) in [6, 6.07) is 0. The first-order valence-corrected chi connectivity index (χ1v) is 8.60. The molecule has 1 aliphatic rings. The standard InChI is InChI=1S/C8H17NO2.C3H8.3C2H6/c1-11-5-4-9-3-2-8(6-9)7-10;1-3-2;3*1-2/h8,10H,2-7H2,1H3;3H2,1-2H3;3*1-2H3. The Kier molecular flexibility index (Phi) is 44.0. The number of hydrogen-bond acceptors (Lipinski definition) is 3. The van der Waals surface area contributed by atoms with Gasteiger partial charge in [0, 0.05) is 26.8 Å². The third-order valence-electron chi connectivity index (χ3n) is 2.24. The van der Waals surface area contributed by atoms with Crippen LogP contribution in [0.3, 0.4) is 0 Å². The van der Waals surface area contributed by atoms with Crippen LogP contribution in [0.15, 0.2) is 0 Å². The van der Waals surface area contributed by atoms with Gasteiger partial charge < -0.3 is 14.7 Å². The van der Waals surface area contributed by atoms with E-state index in [2.05, 4.69) is 18.7 Å². The lowest BCUT2D eigenvalue weighted by atomic mass is 10.1. The van der Waals surface area contributed by atoms with E-state index in [0.717, 1.165) is 32.7 Å². The molecule has 0 spiro atoms. The Labute approximate surface area is 129 Å². The number of ether oxygens (including phenoxy) is 1. The van der Waals surface area contributed by atoms with Crippen molar-refractivity contribution in [1.82, 2.24) is 4.90 Å². The molecular formula is C17H43NO2. The van der Waals surface area contributed by atoms with Crippen molar-refractivity contribution in [3.63, 3.8) is 0 Å². The topological polar surface area (TPSA) is 32.7 Å². The zero-order chi connectivity index (χ0) is 16.8. The lowest BCUT2D eigenvalue weighted by Gasteiger charge is -2.13. The molecular weight excluding hydrogens is 250 g/mol. The fraction of sp³-hybridized carbons (Fsp3) is 1.00. The van der Waals surface area contributed by atoms with Gasteiger partial charge in [-0.2, -0.15) is 0 Å². The highest BCUT2D eigenvalue weighted by Crippen LogP contribution is 2.14. The zero-order valence-electron chi connectivity index (χ0n) is 15.8. The highest BCUT2D eigenvalue weighted by atomic mass is 16.5. The van der Waals surface area contributed by atoms with E-state index in [9.17, 15) is 0 Å². The van der Waals surface area contributed by atoms with Gasteiger partial charge in [-0.25, -0.2) is 0 Å². The maximum absolute atomic E-state index is 8.85. The van der Waals surface area contributed by atoms with Crippen molar-refractivity contribution in [2.45, 2.75) is 68.2 Å². The maximum Gasteiger partial charge on any atom is 0.0589 e. The molecule has 0 radical (unpaired) electrons. The van der Waals surface area contributed by atoms with E-state index in [-0.39, 0.29) is 0 Å². The van der Waals surface area contributed by atoms with E-state index in [4.69, 9.17) is 9.84 Å². The molecule has 0 aromatic heterocycles. The molecule has 0 bridgehead atoms. The molecule has 3 nitrogen and oxygen atoms in total. The normalized spacial score (nSPS) is 16.2. The van der Waals surface area contributed by atoms with E-state index >= 15 is 0 Å². The van der Waals surface area contributed by atoms with Crippen molar-refractivity contribution in [3.8, 4) is 0 Å². The van der Waals surface area contributed by atoms with Gasteiger partial charge in [0.2, 0.25) is 0 Å². The number of aliphatic hydroxyl groups excluding tert-OH is 1. The van der Waals surface area contributed by atoms with Gasteiger partial charge in [0.05, 0.1) is 6.61 Å². The first-order valence-electron chi connectivity index (χ1n) is 8.60. The van der Waals surface area contributed by atoms with E-state index in [1.54, 1.807) is 7.11 Å². The second-order valence-electron chi connectivity index (χ2n) is 3.84. The molecule has 0 aromatic carbocycles. The molecule has 0 aromatic rings. The van der Waals surface area contributed by atoms with Gasteiger partial charge in [-0.1, -0.05) is 61.8 Å². The zero-order valence-corrected chi connectivity index (χ0v) is 15.8. The van der Waals surface area contributed by atoms with Gasteiger partial charge in [-0.3, -0.25) is 0 Å². The fourth-order valence-electron chi connectivity index (χ4n) is 1.49. The Hall–Kier alpha value is -0.120. The van der Waals surface area contributed by atoms with E-state index < -0.39 is 0 Å². The molecule has 0 aliphatic carbocycles. The van der Waals surface area contributed by atoms with Gasteiger partial charge in [0.25, 0.3) is 0 Å². The molecule has 1 aliphatic heterocycles. The molecule has 128 valence electrons. The molecule has 3 heteroatoms. The number of methoxy groups -OCH3 is 1. The average Bonchev–Trinajstić information content (AvgIpc) is 3.00. The van der Waals surface area contributed by atoms with E-state index in [1.165, 1.54) is 6.42 Å². The van der Waals surface area contributed by atoms with Crippen LogP contribution < -0.4 is 0 Å². The van der Waals surface area contributed by atoms with Crippen LogP contribution >= 0.6 is 0 Å². The highest BCUT2D eigenvalue weighted by Gasteiger charge is 2.20. The van der Waals surface area contributed by atoms with Crippen molar-refractivity contribution in [2.24, 2.45) is 5.92 Å². The second kappa shape index (κ2) is 31.3. The van der Waals surface area contributed by atoms with Crippen molar-refractivity contribution in [3.05, 3.63) is 0 Å². The lowest BCUT2D eigenvalue weighted by molar-refractivity contribution is 0.154. The van der Waals surface area contributed by atoms with Gasteiger partial charge in [-0.05, 0) is 18.9 Å². The highest BCUT2D eigenvalue weighted by molar-refractivity contribution is 4.74. The van der Waals surface area contributed by atoms with Crippen LogP contribution in [0, 0.1) is 5.92 Å². The van der Waals surface area contributed by atoms with Gasteiger partial charge in [-0.15, -0.1) is 0 Å². The Morgan fingerprint density at radius 2 is 1.50 bits per heavy atom. The maximum atomic E-state index is 8.85. The summed E-state index contributed by atoms with van der Waals surface area (Å²) < 4.78 is 4.97. The smallest absolute Gasteiger partial charge is 0.0589 e. The number of hydrogen-bond donors (Lipinski definition) is 1. The second-order valence-corrected chi connectivity index (χ2v) is 3.84. The largest absolute Gasteiger partial charge is 0.396 e. The molecule has 1 N–H and O–H groups in total. The third-order valence-corrected chi connectivity index (χ3v) is 2.24. The number of nitrogens with zero attached hydrogens (tertiary/aromatic N) is 1. The first kappa shape index (κ1) is 28.1. The van der Waals surface area contributed by atoms with Crippen molar-refractivity contribution >= 4 is 0 Å². The van der Waals surface area contributed by atoms with Crippen molar-refractivity contribution < 1.29 is 9.84 Å². The molecule has 1 fully saturated rings. The van der Waals surface area contributed by atoms with E-state index in [1.807, 2.05) is 41.5 Å². The molecule has 1 saturated heterocycles. The molecule has 1 heterocycles. The van der Waals surface area contributed by atoms with E-state index in [0.29, 0.717) is 12.5 Å². The summed E-state index contributed by atoms with van der Waals surface area (Å²) in [4.78, 5) is 2.34. The van der Waals surface area contributed by atoms with Crippen molar-refractivity contribution in [2.75, 3.05) is 40.0 Å². The lowest BCUT2D eigenvalue weighted by Crippen LogP contribution is -2.25. The summed E-state index contributed by atoms with van der Waals surface area (Å²) in [5.41, 5.74) is 0. The Morgan fingerprint density at radius 1 is 1.05 bits per heavy atom. The summed E-state index contributed by atoms with van der Waals surface area (Å²) in [5, 5.41) is 8.85. The Morgan fingerprint density at radius 3 is 1.80 bits per heavy atom. The third kappa shape index (κ3) is 23.0. The minimum atomic E-state index is 0.337. The quantitative estimate of drug-likeness (QED) is 0.831. The van der Waals surface area contributed by atoms with Crippen LogP contribution in [0.2, 0.25) is 0 Å². The predicted molar refractivity (Wildman–Crippen MR) is 93.5 cm³/mol. The summed E-state index contributed by atoms with van der Waals surface area (Å²) in [5.74, 6) is 0.506. The Balaban J connectivity index is -0.000000121. The Bertz CT molecular complexity index is 122. The molecule has 1 unspecified atom stereocenters. The van der Waals surface area contributed by atoms with Gasteiger partial charge >= 0.3 is 0 Å². The molecule has 0 amide bonds. The summed E-state index contributed by atoms with van der Waals surface area (Å²) in [6.45, 7) is 20.6. The minimum absolute atomic E-state index is 0.337. The van der Waals surface area contributed by atoms with Crippen molar-refractivity contribution in [1.29, 1.82) is 0 Å². The van der Waals surface area contributed by atoms with Crippen LogP contribution in [-0.4, -0.2) is 50.0 Å². The number of aliphatic hydroxyl groups is 1. The summed E-state index contributed by atoms with van der Waals surface area (Å²) in [6.07, 6.45) is 2.39. The van der Waals surface area contributed by atoms with Crippen LogP contribution in [0.4, 0.5) is 0 Å². The van der Waals surface area contributed by atoms with Crippen LogP contribution in [-0.2, 0) is 4.74 Å². The monoisotopic (exact) mass is 293 g/mol. The molecule has 0 saturated carbocycles. The van der Waals surface area contributed by atoms with Crippen LogP contribution in [0.5, 0.6) is 0 Å². The SMILES string of the molecule is CC.CC.CC.CCC.COCCN1CCC(CO)C1. The van der Waals surface area contributed by atoms with Gasteiger partial charge in [0.1, 0.15) is 0 Å².